The number of ether oxygens (including phenoxy) is 2. The fourth-order valence-electron chi connectivity index (χ4n) is 2.99. The molecule has 9 heteroatoms. The quantitative estimate of drug-likeness (QED) is 0.559. The highest BCUT2D eigenvalue weighted by molar-refractivity contribution is 7.92. The molecular weight excluding hydrogens is 420 g/mol. The number of methoxy groups -OCH3 is 1. The average molecular weight is 449 g/mol. The van der Waals surface area contributed by atoms with Crippen molar-refractivity contribution in [2.24, 2.45) is 0 Å². The van der Waals surface area contributed by atoms with E-state index in [1.807, 2.05) is 0 Å². The lowest BCUT2D eigenvalue weighted by Crippen LogP contribution is -2.31. The predicted molar refractivity (Wildman–Crippen MR) is 120 cm³/mol. The number of carbonyl (C=O) groups excluding carboxylic acids is 2. The van der Waals surface area contributed by atoms with Crippen molar-refractivity contribution in [2.45, 2.75) is 26.7 Å². The summed E-state index contributed by atoms with van der Waals surface area (Å²) in [6.45, 7) is 3.96. The summed E-state index contributed by atoms with van der Waals surface area (Å²) in [5, 5.41) is 2.80. The van der Waals surface area contributed by atoms with Gasteiger partial charge in [0.25, 0.3) is 0 Å². The first-order valence-electron chi connectivity index (χ1n) is 9.85. The minimum absolute atomic E-state index is 0.134. The number of anilines is 2. The molecule has 0 heterocycles. The van der Waals surface area contributed by atoms with Crippen LogP contribution in [0.2, 0.25) is 0 Å². The van der Waals surface area contributed by atoms with Crippen molar-refractivity contribution in [1.82, 2.24) is 0 Å². The summed E-state index contributed by atoms with van der Waals surface area (Å²) in [6.07, 6.45) is 1.59. The molecule has 0 atom stereocenters. The molecule has 0 fully saturated rings. The van der Waals surface area contributed by atoms with Crippen LogP contribution < -0.4 is 14.4 Å². The number of nitrogens with one attached hydrogen (secondary N) is 1. The van der Waals surface area contributed by atoms with Gasteiger partial charge in [-0.3, -0.25) is 9.10 Å². The smallest absolute Gasteiger partial charge is 0.338 e. The zero-order valence-electron chi connectivity index (χ0n) is 18.2. The third-order valence-electron chi connectivity index (χ3n) is 4.52. The van der Waals surface area contributed by atoms with E-state index in [2.05, 4.69) is 5.32 Å². The molecule has 0 aliphatic carbocycles. The first-order valence-corrected chi connectivity index (χ1v) is 11.7. The summed E-state index contributed by atoms with van der Waals surface area (Å²) in [5.41, 5.74) is 2.21. The molecule has 0 saturated heterocycles. The Morgan fingerprint density at radius 3 is 2.48 bits per heavy atom. The third-order valence-corrected chi connectivity index (χ3v) is 5.71. The monoisotopic (exact) mass is 448 g/mol. The Kier molecular flexibility index (Phi) is 8.44. The number of esters is 1. The number of hydrogen-bond acceptors (Lipinski definition) is 6. The maximum Gasteiger partial charge on any atom is 0.338 e. The largest absolute Gasteiger partial charge is 0.497 e. The summed E-state index contributed by atoms with van der Waals surface area (Å²) < 4.78 is 35.8. The number of sulfonamides is 1. The second-order valence-corrected chi connectivity index (χ2v) is 8.85. The van der Waals surface area contributed by atoms with Crippen molar-refractivity contribution in [2.75, 3.05) is 36.1 Å². The van der Waals surface area contributed by atoms with Gasteiger partial charge in [0.05, 0.1) is 31.2 Å². The van der Waals surface area contributed by atoms with Crippen LogP contribution in [0, 0.1) is 6.92 Å². The van der Waals surface area contributed by atoms with Crippen LogP contribution in [0.25, 0.3) is 0 Å². The van der Waals surface area contributed by atoms with Crippen LogP contribution in [0.4, 0.5) is 11.4 Å². The Morgan fingerprint density at radius 1 is 1.13 bits per heavy atom. The standard InChI is InChI=1S/C22H28N2O6S/c1-5-30-22(26)17-11-12-20(16(2)14-17)23-21(25)10-7-13-24(31(4,27)28)18-8-6-9-19(15-18)29-3/h6,8-9,11-12,14-15H,5,7,10,13H2,1-4H3,(H,23,25). The van der Waals surface area contributed by atoms with E-state index in [4.69, 9.17) is 9.47 Å². The number of aryl methyl sites for hydroxylation is 1. The van der Waals surface area contributed by atoms with Gasteiger partial charge in [-0.05, 0) is 56.2 Å². The highest BCUT2D eigenvalue weighted by atomic mass is 32.2. The Balaban J connectivity index is 1.99. The molecule has 168 valence electrons. The van der Waals surface area contributed by atoms with E-state index >= 15 is 0 Å². The van der Waals surface area contributed by atoms with E-state index in [0.717, 1.165) is 11.8 Å². The van der Waals surface area contributed by atoms with Crippen molar-refractivity contribution in [3.05, 3.63) is 53.6 Å². The molecule has 8 nitrogen and oxygen atoms in total. The predicted octanol–water partition coefficient (Wildman–Crippen LogP) is 3.37. The molecule has 0 spiro atoms. The van der Waals surface area contributed by atoms with Crippen molar-refractivity contribution in [3.8, 4) is 5.75 Å². The number of hydrogen-bond donors (Lipinski definition) is 1. The number of amides is 1. The van der Waals surface area contributed by atoms with Crippen LogP contribution in [0.15, 0.2) is 42.5 Å². The summed E-state index contributed by atoms with van der Waals surface area (Å²) in [5.74, 6) is -0.112. The minimum atomic E-state index is -3.52. The summed E-state index contributed by atoms with van der Waals surface area (Å²) in [4.78, 5) is 24.2. The van der Waals surface area contributed by atoms with Crippen molar-refractivity contribution < 1.29 is 27.5 Å². The Bertz CT molecular complexity index is 1040. The van der Waals surface area contributed by atoms with Gasteiger partial charge in [-0.2, -0.15) is 0 Å². The van der Waals surface area contributed by atoms with Gasteiger partial charge in [-0.25, -0.2) is 13.2 Å². The molecule has 0 unspecified atom stereocenters. The van der Waals surface area contributed by atoms with Gasteiger partial charge in [0, 0.05) is 24.7 Å². The van der Waals surface area contributed by atoms with E-state index in [1.165, 1.54) is 11.4 Å². The molecule has 0 aromatic heterocycles. The van der Waals surface area contributed by atoms with Gasteiger partial charge in [-0.1, -0.05) is 6.07 Å². The lowest BCUT2D eigenvalue weighted by Gasteiger charge is -2.22. The summed E-state index contributed by atoms with van der Waals surface area (Å²) in [7, 11) is -2.01. The molecular formula is C22H28N2O6S. The molecule has 31 heavy (non-hydrogen) atoms. The second kappa shape index (κ2) is 10.8. The Labute approximate surface area is 183 Å². The molecule has 1 amide bonds. The van der Waals surface area contributed by atoms with Gasteiger partial charge in [0.2, 0.25) is 15.9 Å². The van der Waals surface area contributed by atoms with Gasteiger partial charge < -0.3 is 14.8 Å². The van der Waals surface area contributed by atoms with Crippen molar-refractivity contribution in [3.63, 3.8) is 0 Å². The van der Waals surface area contributed by atoms with Crippen LogP contribution in [0.3, 0.4) is 0 Å². The van der Waals surface area contributed by atoms with Crippen molar-refractivity contribution in [1.29, 1.82) is 0 Å². The number of carbonyl (C=O) groups is 2. The molecule has 0 aliphatic heterocycles. The van der Waals surface area contributed by atoms with E-state index < -0.39 is 16.0 Å². The van der Waals surface area contributed by atoms with Crippen LogP contribution in [-0.4, -0.2) is 46.8 Å². The van der Waals surface area contributed by atoms with Crippen LogP contribution in [0.1, 0.15) is 35.7 Å². The first-order chi connectivity index (χ1) is 14.7. The maximum atomic E-state index is 12.4. The van der Waals surface area contributed by atoms with Crippen LogP contribution in [-0.2, 0) is 19.6 Å². The zero-order valence-corrected chi connectivity index (χ0v) is 19.0. The molecule has 0 aliphatic rings. The lowest BCUT2D eigenvalue weighted by molar-refractivity contribution is -0.116. The Hall–Kier alpha value is -3.07. The zero-order chi connectivity index (χ0) is 23.0. The average Bonchev–Trinajstić information content (AvgIpc) is 2.72. The van der Waals surface area contributed by atoms with Gasteiger partial charge in [0.15, 0.2) is 0 Å². The van der Waals surface area contributed by atoms with Gasteiger partial charge in [-0.15, -0.1) is 0 Å². The van der Waals surface area contributed by atoms with Gasteiger partial charge in [0.1, 0.15) is 5.75 Å². The number of rotatable bonds is 10. The lowest BCUT2D eigenvalue weighted by atomic mass is 10.1. The van der Waals surface area contributed by atoms with E-state index in [0.29, 0.717) is 29.1 Å². The van der Waals surface area contributed by atoms with Gasteiger partial charge >= 0.3 is 5.97 Å². The molecule has 0 saturated carbocycles. The molecule has 2 aromatic rings. The molecule has 2 rings (SSSR count). The maximum absolute atomic E-state index is 12.4. The fraction of sp³-hybridized carbons (Fsp3) is 0.364. The highest BCUT2D eigenvalue weighted by Crippen LogP contribution is 2.24. The van der Waals surface area contributed by atoms with E-state index in [1.54, 1.807) is 56.3 Å². The second-order valence-electron chi connectivity index (χ2n) is 6.94. The number of benzene rings is 2. The van der Waals surface area contributed by atoms with Crippen LogP contribution in [0.5, 0.6) is 5.75 Å². The fourth-order valence-corrected chi connectivity index (χ4v) is 3.95. The molecule has 1 N–H and O–H groups in total. The Morgan fingerprint density at radius 2 is 1.87 bits per heavy atom. The molecule has 0 radical (unpaired) electrons. The normalized spacial score (nSPS) is 11.0. The topological polar surface area (TPSA) is 102 Å². The highest BCUT2D eigenvalue weighted by Gasteiger charge is 2.18. The van der Waals surface area contributed by atoms with Crippen LogP contribution >= 0.6 is 0 Å². The molecule has 0 bridgehead atoms. The SMILES string of the molecule is CCOC(=O)c1ccc(NC(=O)CCCN(c2cccc(OC)c2)S(C)(=O)=O)c(C)c1. The minimum Gasteiger partial charge on any atom is -0.497 e. The molecule has 2 aromatic carbocycles. The van der Waals surface area contributed by atoms with E-state index in [9.17, 15) is 18.0 Å². The first kappa shape index (κ1) is 24.2. The van der Waals surface area contributed by atoms with E-state index in [-0.39, 0.29) is 25.5 Å². The van der Waals surface area contributed by atoms with Crippen molar-refractivity contribution >= 4 is 33.3 Å². The number of nitrogens with zero attached hydrogens (tertiary/aromatic N) is 1. The third kappa shape index (κ3) is 6.99. The summed E-state index contributed by atoms with van der Waals surface area (Å²) >= 11 is 0. The summed E-state index contributed by atoms with van der Waals surface area (Å²) in [6, 6.07) is 11.7.